The Labute approximate surface area is 157 Å². The van der Waals surface area contributed by atoms with Gasteiger partial charge in [0, 0.05) is 0 Å². The number of hydrogen-bond donors (Lipinski definition) is 0. The number of aromatic nitrogens is 2. The van der Waals surface area contributed by atoms with Gasteiger partial charge in [0.25, 0.3) is 0 Å². The van der Waals surface area contributed by atoms with Crippen LogP contribution in [-0.4, -0.2) is 62.8 Å². The van der Waals surface area contributed by atoms with Crippen LogP contribution >= 0.6 is 0 Å². The van der Waals surface area contributed by atoms with Gasteiger partial charge in [-0.05, 0) is 24.3 Å². The van der Waals surface area contributed by atoms with Crippen LogP contribution in [0.1, 0.15) is 0 Å². The van der Waals surface area contributed by atoms with Crippen molar-refractivity contribution < 1.29 is 23.7 Å². The first-order valence-corrected chi connectivity index (χ1v) is 9.10. The zero-order chi connectivity index (χ0) is 18.3. The van der Waals surface area contributed by atoms with E-state index < -0.39 is 0 Å². The summed E-state index contributed by atoms with van der Waals surface area (Å²) in [5, 5.41) is 0. The summed E-state index contributed by atoms with van der Waals surface area (Å²) in [7, 11) is 0. The first kappa shape index (κ1) is 17.9. The van der Waals surface area contributed by atoms with Crippen LogP contribution in [0.15, 0.2) is 36.4 Å². The summed E-state index contributed by atoms with van der Waals surface area (Å²) < 4.78 is 28.2. The lowest BCUT2D eigenvalue weighted by molar-refractivity contribution is 0.00512. The summed E-state index contributed by atoms with van der Waals surface area (Å²) in [6, 6.07) is 11.5. The van der Waals surface area contributed by atoms with Crippen molar-refractivity contribution >= 4 is 22.1 Å². The van der Waals surface area contributed by atoms with Gasteiger partial charge in [-0.15, -0.1) is 0 Å². The molecular formula is C20H22N2O5. The van der Waals surface area contributed by atoms with E-state index >= 15 is 0 Å². The maximum Gasteiger partial charge on any atom is 0.147 e. The fraction of sp³-hybridized carbons (Fsp3) is 0.400. The Morgan fingerprint density at radius 2 is 0.926 bits per heavy atom. The Morgan fingerprint density at radius 3 is 1.37 bits per heavy atom. The molecule has 3 heterocycles. The van der Waals surface area contributed by atoms with E-state index in [1.54, 1.807) is 0 Å². The third-order valence-electron chi connectivity index (χ3n) is 4.13. The lowest BCUT2D eigenvalue weighted by Gasteiger charge is -2.11. The quantitative estimate of drug-likeness (QED) is 0.445. The molecule has 5 rings (SSSR count). The maximum absolute atomic E-state index is 5.86. The lowest BCUT2D eigenvalue weighted by Crippen LogP contribution is -2.14. The number of fused-ring (bicyclic) bond motifs is 12. The van der Waals surface area contributed by atoms with Gasteiger partial charge < -0.3 is 23.7 Å². The van der Waals surface area contributed by atoms with Crippen LogP contribution in [0.2, 0.25) is 0 Å². The monoisotopic (exact) mass is 370 g/mol. The second-order valence-electron chi connectivity index (χ2n) is 6.01. The molecule has 0 unspecified atom stereocenters. The topological polar surface area (TPSA) is 71.9 Å². The zero-order valence-corrected chi connectivity index (χ0v) is 15.1. The van der Waals surface area contributed by atoms with Crippen LogP contribution < -0.4 is 9.47 Å². The van der Waals surface area contributed by atoms with Crippen molar-refractivity contribution in [2.24, 2.45) is 0 Å². The van der Waals surface area contributed by atoms with Crippen LogP contribution in [0.3, 0.4) is 0 Å². The standard InChI is InChI=1S/C20H22N2O5/c1-3-15-19-17(5-1)26-13-11-24-9-7-23-8-10-25-12-14-27-18-6-2-4-16(22-19)20(18)21-15/h1-6H,7-14H2. The number of rotatable bonds is 0. The van der Waals surface area contributed by atoms with Crippen molar-refractivity contribution in [2.45, 2.75) is 0 Å². The molecule has 0 atom stereocenters. The molecule has 0 spiro atoms. The molecule has 7 heteroatoms. The van der Waals surface area contributed by atoms with E-state index in [9.17, 15) is 0 Å². The number of ether oxygens (including phenoxy) is 5. The fourth-order valence-corrected chi connectivity index (χ4v) is 2.86. The van der Waals surface area contributed by atoms with Crippen molar-refractivity contribution in [3.8, 4) is 11.5 Å². The van der Waals surface area contributed by atoms with Crippen LogP contribution in [-0.2, 0) is 14.2 Å². The molecule has 6 bridgehead atoms. The minimum Gasteiger partial charge on any atom is -0.489 e. The van der Waals surface area contributed by atoms with E-state index in [1.807, 2.05) is 36.4 Å². The summed E-state index contributed by atoms with van der Waals surface area (Å²) in [6.07, 6.45) is 0. The maximum atomic E-state index is 5.86. The van der Waals surface area contributed by atoms with E-state index in [0.717, 1.165) is 22.1 Å². The van der Waals surface area contributed by atoms with E-state index in [4.69, 9.17) is 33.7 Å². The molecule has 27 heavy (non-hydrogen) atoms. The van der Waals surface area contributed by atoms with Gasteiger partial charge in [0.2, 0.25) is 0 Å². The van der Waals surface area contributed by atoms with Gasteiger partial charge in [0.05, 0.1) is 50.7 Å². The molecule has 142 valence electrons. The van der Waals surface area contributed by atoms with Gasteiger partial charge in [0.15, 0.2) is 0 Å². The number of benzene rings is 2. The molecule has 0 amide bonds. The Morgan fingerprint density at radius 1 is 0.519 bits per heavy atom. The van der Waals surface area contributed by atoms with Crippen LogP contribution in [0.5, 0.6) is 11.5 Å². The predicted octanol–water partition coefficient (Wildman–Crippen LogP) is 2.60. The van der Waals surface area contributed by atoms with E-state index in [0.29, 0.717) is 64.4 Å². The second kappa shape index (κ2) is 8.94. The van der Waals surface area contributed by atoms with Gasteiger partial charge >= 0.3 is 0 Å². The summed E-state index contributed by atoms with van der Waals surface area (Å²) in [4.78, 5) is 9.50. The Hall–Kier alpha value is -2.48. The molecule has 7 nitrogen and oxygen atoms in total. The molecule has 2 aliphatic heterocycles. The van der Waals surface area contributed by atoms with Crippen molar-refractivity contribution in [3.05, 3.63) is 36.4 Å². The summed E-state index contributed by atoms with van der Waals surface area (Å²) in [6.45, 7) is 3.94. The van der Waals surface area contributed by atoms with Crippen molar-refractivity contribution in [3.63, 3.8) is 0 Å². The summed E-state index contributed by atoms with van der Waals surface area (Å²) >= 11 is 0. The van der Waals surface area contributed by atoms with Crippen molar-refractivity contribution in [1.29, 1.82) is 0 Å². The largest absolute Gasteiger partial charge is 0.489 e. The van der Waals surface area contributed by atoms with Gasteiger partial charge in [-0.3, -0.25) is 0 Å². The summed E-state index contributed by atoms with van der Waals surface area (Å²) in [5.41, 5.74) is 2.98. The molecule has 0 fully saturated rings. The third-order valence-corrected chi connectivity index (χ3v) is 4.13. The first-order valence-electron chi connectivity index (χ1n) is 9.10. The van der Waals surface area contributed by atoms with Crippen LogP contribution in [0.25, 0.3) is 22.1 Å². The molecular weight excluding hydrogens is 348 g/mol. The average molecular weight is 370 g/mol. The van der Waals surface area contributed by atoms with Crippen LogP contribution in [0.4, 0.5) is 0 Å². The van der Waals surface area contributed by atoms with Crippen LogP contribution in [0, 0.1) is 0 Å². The molecule has 2 aromatic carbocycles. The van der Waals surface area contributed by atoms with Gasteiger partial charge in [-0.25, -0.2) is 9.97 Å². The summed E-state index contributed by atoms with van der Waals surface area (Å²) in [5.74, 6) is 1.39. The zero-order valence-electron chi connectivity index (χ0n) is 15.1. The highest BCUT2D eigenvalue weighted by Crippen LogP contribution is 2.29. The highest BCUT2D eigenvalue weighted by molar-refractivity contribution is 5.92. The highest BCUT2D eigenvalue weighted by atomic mass is 16.6. The fourth-order valence-electron chi connectivity index (χ4n) is 2.86. The second-order valence-corrected chi connectivity index (χ2v) is 6.01. The van der Waals surface area contributed by atoms with Crippen molar-refractivity contribution in [2.75, 3.05) is 52.9 Å². The first-order chi connectivity index (χ1) is 13.4. The number of nitrogens with zero attached hydrogens (tertiary/aromatic N) is 2. The predicted molar refractivity (Wildman–Crippen MR) is 100 cm³/mol. The Kier molecular flexibility index (Phi) is 5.93. The SMILES string of the molecule is c1cc2c3nc4cccc(c4nc3c1)OCCOCCOCCOCCO2. The molecule has 1 aromatic heterocycles. The molecule has 0 aliphatic carbocycles. The Balaban J connectivity index is 1.65. The van der Waals surface area contributed by atoms with E-state index in [2.05, 4.69) is 0 Å². The minimum absolute atomic E-state index is 0.436. The molecule has 0 radical (unpaired) electrons. The molecule has 0 saturated carbocycles. The third kappa shape index (κ3) is 4.44. The van der Waals surface area contributed by atoms with Gasteiger partial charge in [0.1, 0.15) is 35.7 Å². The molecule has 0 N–H and O–H groups in total. The highest BCUT2D eigenvalue weighted by Gasteiger charge is 2.11. The van der Waals surface area contributed by atoms with Gasteiger partial charge in [-0.2, -0.15) is 0 Å². The Bertz CT molecular complexity index is 829. The van der Waals surface area contributed by atoms with Crippen molar-refractivity contribution in [1.82, 2.24) is 9.97 Å². The smallest absolute Gasteiger partial charge is 0.147 e. The minimum atomic E-state index is 0.436. The normalized spacial score (nSPS) is 17.3. The van der Waals surface area contributed by atoms with E-state index in [1.165, 1.54) is 0 Å². The average Bonchev–Trinajstić information content (AvgIpc) is 2.69. The number of para-hydroxylation sites is 2. The molecule has 2 aliphatic rings. The van der Waals surface area contributed by atoms with Gasteiger partial charge in [-0.1, -0.05) is 12.1 Å². The number of hydrogen-bond acceptors (Lipinski definition) is 7. The molecule has 0 saturated heterocycles. The van der Waals surface area contributed by atoms with E-state index in [-0.39, 0.29) is 0 Å². The lowest BCUT2D eigenvalue weighted by atomic mass is 10.2. The molecule has 3 aromatic rings.